The van der Waals surface area contributed by atoms with Crippen LogP contribution in [0.25, 0.3) is 0 Å². The first-order valence-corrected chi connectivity index (χ1v) is 7.82. The van der Waals surface area contributed by atoms with Gasteiger partial charge in [0, 0.05) is 13.1 Å². The number of amides is 2. The van der Waals surface area contributed by atoms with Crippen LogP contribution in [0.5, 0.6) is 0 Å². The molecule has 20 heavy (non-hydrogen) atoms. The number of unbranched alkanes of at least 4 members (excludes halogenated alkanes) is 5. The Balaban J connectivity index is 3.31. The van der Waals surface area contributed by atoms with Crippen LogP contribution in [0.3, 0.4) is 0 Å². The Morgan fingerprint density at radius 2 is 1.50 bits per heavy atom. The van der Waals surface area contributed by atoms with Gasteiger partial charge >= 0.3 is 12.0 Å². The Morgan fingerprint density at radius 3 is 2.10 bits per heavy atom. The van der Waals surface area contributed by atoms with E-state index >= 15 is 0 Å². The van der Waals surface area contributed by atoms with Gasteiger partial charge in [0.05, 0.1) is 5.92 Å². The van der Waals surface area contributed by atoms with Crippen molar-refractivity contribution in [1.29, 1.82) is 0 Å². The molecule has 0 rings (SSSR count). The van der Waals surface area contributed by atoms with Gasteiger partial charge in [-0.15, -0.1) is 0 Å². The summed E-state index contributed by atoms with van der Waals surface area (Å²) >= 11 is 0. The van der Waals surface area contributed by atoms with Gasteiger partial charge in [0.25, 0.3) is 0 Å². The molecular weight excluding hydrogens is 256 g/mol. The van der Waals surface area contributed by atoms with E-state index in [1.54, 1.807) is 6.92 Å². The standard InChI is InChI=1S/C15H30N2O3/c1-3-4-5-6-7-8-11-16-15(20)17-12-9-10-13(2)14(18)19/h13H,3-12H2,1-2H3,(H,18,19)(H2,16,17,20). The Hall–Kier alpha value is -1.26. The minimum absolute atomic E-state index is 0.151. The van der Waals surface area contributed by atoms with Crippen molar-refractivity contribution in [2.75, 3.05) is 13.1 Å². The highest BCUT2D eigenvalue weighted by Gasteiger charge is 2.09. The van der Waals surface area contributed by atoms with Gasteiger partial charge in [-0.2, -0.15) is 0 Å². The fourth-order valence-electron chi connectivity index (χ4n) is 1.90. The highest BCUT2D eigenvalue weighted by molar-refractivity contribution is 5.73. The molecule has 0 aliphatic heterocycles. The Bertz CT molecular complexity index is 270. The average molecular weight is 286 g/mol. The number of carbonyl (C=O) groups excluding carboxylic acids is 1. The molecule has 0 aromatic rings. The molecule has 1 atom stereocenters. The third-order valence-electron chi connectivity index (χ3n) is 3.34. The van der Waals surface area contributed by atoms with Gasteiger partial charge in [-0.3, -0.25) is 4.79 Å². The maximum atomic E-state index is 11.4. The Kier molecular flexibility index (Phi) is 12.0. The van der Waals surface area contributed by atoms with Gasteiger partial charge in [0.1, 0.15) is 0 Å². The zero-order valence-electron chi connectivity index (χ0n) is 12.9. The third kappa shape index (κ3) is 11.8. The summed E-state index contributed by atoms with van der Waals surface area (Å²) in [7, 11) is 0. The summed E-state index contributed by atoms with van der Waals surface area (Å²) in [5.41, 5.74) is 0. The molecule has 1 unspecified atom stereocenters. The molecule has 0 saturated carbocycles. The van der Waals surface area contributed by atoms with Crippen LogP contribution in [0.15, 0.2) is 0 Å². The molecule has 2 amide bonds. The molecule has 0 aliphatic rings. The molecule has 0 aromatic carbocycles. The molecule has 0 spiro atoms. The normalized spacial score (nSPS) is 11.9. The maximum Gasteiger partial charge on any atom is 0.314 e. The molecule has 0 aliphatic carbocycles. The highest BCUT2D eigenvalue weighted by Crippen LogP contribution is 2.04. The fourth-order valence-corrected chi connectivity index (χ4v) is 1.90. The first-order valence-electron chi connectivity index (χ1n) is 7.82. The van der Waals surface area contributed by atoms with Crippen molar-refractivity contribution in [2.24, 2.45) is 5.92 Å². The molecular formula is C15H30N2O3. The summed E-state index contributed by atoms with van der Waals surface area (Å²) < 4.78 is 0. The summed E-state index contributed by atoms with van der Waals surface area (Å²) in [6.45, 7) is 5.12. The molecule has 118 valence electrons. The van der Waals surface area contributed by atoms with Gasteiger partial charge in [-0.25, -0.2) is 4.79 Å². The van der Waals surface area contributed by atoms with E-state index in [1.807, 2.05) is 0 Å². The van der Waals surface area contributed by atoms with E-state index < -0.39 is 5.97 Å². The number of urea groups is 1. The second kappa shape index (κ2) is 12.8. The largest absolute Gasteiger partial charge is 0.481 e. The number of carboxylic acid groups (broad SMARTS) is 1. The van der Waals surface area contributed by atoms with Crippen LogP contribution in [0.4, 0.5) is 4.79 Å². The first kappa shape index (κ1) is 18.7. The lowest BCUT2D eigenvalue weighted by atomic mass is 10.1. The predicted molar refractivity (Wildman–Crippen MR) is 80.8 cm³/mol. The summed E-state index contributed by atoms with van der Waals surface area (Å²) in [4.78, 5) is 22.0. The minimum atomic E-state index is -0.780. The van der Waals surface area contributed by atoms with Crippen molar-refractivity contribution in [2.45, 2.75) is 65.2 Å². The highest BCUT2D eigenvalue weighted by atomic mass is 16.4. The van der Waals surface area contributed by atoms with Gasteiger partial charge in [0.15, 0.2) is 0 Å². The van der Waals surface area contributed by atoms with Gasteiger partial charge in [-0.1, -0.05) is 46.0 Å². The quantitative estimate of drug-likeness (QED) is 0.482. The number of rotatable bonds is 12. The van der Waals surface area contributed by atoms with Gasteiger partial charge in [-0.05, 0) is 19.3 Å². The van der Waals surface area contributed by atoms with Gasteiger partial charge < -0.3 is 15.7 Å². The van der Waals surface area contributed by atoms with E-state index in [0.29, 0.717) is 25.9 Å². The number of nitrogens with one attached hydrogen (secondary N) is 2. The van der Waals surface area contributed by atoms with E-state index in [9.17, 15) is 9.59 Å². The number of hydrogen-bond donors (Lipinski definition) is 3. The molecule has 0 heterocycles. The lowest BCUT2D eigenvalue weighted by Crippen LogP contribution is -2.36. The third-order valence-corrected chi connectivity index (χ3v) is 3.34. The van der Waals surface area contributed by atoms with Crippen molar-refractivity contribution in [3.05, 3.63) is 0 Å². The average Bonchev–Trinajstić information content (AvgIpc) is 2.42. The van der Waals surface area contributed by atoms with Crippen LogP contribution in [0, 0.1) is 5.92 Å². The topological polar surface area (TPSA) is 78.4 Å². The van der Waals surface area contributed by atoms with Crippen LogP contribution in [0.1, 0.15) is 65.2 Å². The van der Waals surface area contributed by atoms with Crippen molar-refractivity contribution in [3.63, 3.8) is 0 Å². The van der Waals surface area contributed by atoms with Crippen molar-refractivity contribution in [1.82, 2.24) is 10.6 Å². The first-order chi connectivity index (χ1) is 9.57. The van der Waals surface area contributed by atoms with E-state index in [2.05, 4.69) is 17.6 Å². The second-order valence-electron chi connectivity index (χ2n) is 5.33. The van der Waals surface area contributed by atoms with Crippen molar-refractivity contribution < 1.29 is 14.7 Å². The molecule has 0 bridgehead atoms. The summed E-state index contributed by atoms with van der Waals surface area (Å²) in [5, 5.41) is 14.3. The van der Waals surface area contributed by atoms with E-state index in [-0.39, 0.29) is 11.9 Å². The van der Waals surface area contributed by atoms with E-state index in [1.165, 1.54) is 25.7 Å². The Labute approximate surface area is 122 Å². The van der Waals surface area contributed by atoms with E-state index in [0.717, 1.165) is 12.8 Å². The zero-order chi connectivity index (χ0) is 15.2. The lowest BCUT2D eigenvalue weighted by molar-refractivity contribution is -0.141. The van der Waals surface area contributed by atoms with Gasteiger partial charge in [0.2, 0.25) is 0 Å². The van der Waals surface area contributed by atoms with Crippen LogP contribution in [-0.4, -0.2) is 30.2 Å². The molecule has 0 fully saturated rings. The zero-order valence-corrected chi connectivity index (χ0v) is 12.9. The van der Waals surface area contributed by atoms with Crippen molar-refractivity contribution in [3.8, 4) is 0 Å². The summed E-state index contributed by atoms with van der Waals surface area (Å²) in [5.74, 6) is -1.12. The predicted octanol–water partition coefficient (Wildman–Crippen LogP) is 3.15. The number of carbonyl (C=O) groups is 2. The molecule has 0 aromatic heterocycles. The SMILES string of the molecule is CCCCCCCCNC(=O)NCCCC(C)C(=O)O. The second-order valence-corrected chi connectivity index (χ2v) is 5.33. The molecule has 5 nitrogen and oxygen atoms in total. The summed E-state index contributed by atoms with van der Waals surface area (Å²) in [6.07, 6.45) is 8.53. The lowest BCUT2D eigenvalue weighted by Gasteiger charge is -2.09. The maximum absolute atomic E-state index is 11.4. The van der Waals surface area contributed by atoms with Crippen LogP contribution < -0.4 is 10.6 Å². The van der Waals surface area contributed by atoms with Crippen LogP contribution in [-0.2, 0) is 4.79 Å². The minimum Gasteiger partial charge on any atom is -0.481 e. The van der Waals surface area contributed by atoms with E-state index in [4.69, 9.17) is 5.11 Å². The molecule has 3 N–H and O–H groups in total. The summed E-state index contributed by atoms with van der Waals surface area (Å²) in [6, 6.07) is -0.151. The number of hydrogen-bond acceptors (Lipinski definition) is 2. The van der Waals surface area contributed by atoms with Crippen LogP contribution >= 0.6 is 0 Å². The monoisotopic (exact) mass is 286 g/mol. The number of carboxylic acids is 1. The fraction of sp³-hybridized carbons (Fsp3) is 0.867. The molecule has 0 radical (unpaired) electrons. The number of aliphatic carboxylic acids is 1. The van der Waals surface area contributed by atoms with Crippen LogP contribution in [0.2, 0.25) is 0 Å². The van der Waals surface area contributed by atoms with Crippen molar-refractivity contribution >= 4 is 12.0 Å². The molecule has 0 saturated heterocycles. The Morgan fingerprint density at radius 1 is 0.950 bits per heavy atom. The smallest absolute Gasteiger partial charge is 0.314 e. The molecule has 5 heteroatoms.